The molecule has 2 rings (SSSR count). The lowest BCUT2D eigenvalue weighted by atomic mass is 10.3. The van der Waals surface area contributed by atoms with Crippen molar-refractivity contribution in [3.05, 3.63) is 24.0 Å². The standard InChI is InChI=1S/C10H12FN3/c1-2-5-14-9-4-3-7(11)6-8(9)13-10(14)12/h3-4,6H,2,5H2,1H3,(H2,12,13). The molecule has 1 aromatic heterocycles. The molecule has 4 heteroatoms. The number of halogens is 1. The largest absolute Gasteiger partial charge is 0.369 e. The first-order chi connectivity index (χ1) is 6.72. The summed E-state index contributed by atoms with van der Waals surface area (Å²) in [6, 6.07) is 4.54. The minimum atomic E-state index is -0.279. The number of fused-ring (bicyclic) bond motifs is 1. The van der Waals surface area contributed by atoms with Gasteiger partial charge in [0.1, 0.15) is 5.82 Å². The molecule has 3 nitrogen and oxygen atoms in total. The average molecular weight is 193 g/mol. The van der Waals surface area contributed by atoms with Crippen LogP contribution >= 0.6 is 0 Å². The molecule has 0 bridgehead atoms. The Labute approximate surface area is 81.4 Å². The van der Waals surface area contributed by atoms with Crippen molar-refractivity contribution in [1.29, 1.82) is 0 Å². The number of hydrogen-bond acceptors (Lipinski definition) is 2. The van der Waals surface area contributed by atoms with Crippen molar-refractivity contribution in [3.63, 3.8) is 0 Å². The molecule has 14 heavy (non-hydrogen) atoms. The maximum absolute atomic E-state index is 12.9. The van der Waals surface area contributed by atoms with Crippen LogP contribution in [0.2, 0.25) is 0 Å². The van der Waals surface area contributed by atoms with E-state index in [1.165, 1.54) is 12.1 Å². The van der Waals surface area contributed by atoms with Crippen LogP contribution in [0, 0.1) is 5.82 Å². The minimum Gasteiger partial charge on any atom is -0.369 e. The van der Waals surface area contributed by atoms with Crippen LogP contribution in [0.1, 0.15) is 13.3 Å². The van der Waals surface area contributed by atoms with Gasteiger partial charge in [-0.15, -0.1) is 0 Å². The number of nitrogen functional groups attached to an aromatic ring is 1. The maximum atomic E-state index is 12.9. The van der Waals surface area contributed by atoms with Crippen molar-refractivity contribution in [1.82, 2.24) is 9.55 Å². The molecule has 0 fully saturated rings. The van der Waals surface area contributed by atoms with Crippen LogP contribution in [-0.2, 0) is 6.54 Å². The third-order valence-corrected chi connectivity index (χ3v) is 2.19. The highest BCUT2D eigenvalue weighted by molar-refractivity contribution is 5.78. The SMILES string of the molecule is CCCn1c(N)nc2cc(F)ccc21. The number of benzene rings is 1. The average Bonchev–Trinajstić information content (AvgIpc) is 2.43. The Morgan fingerprint density at radius 2 is 2.29 bits per heavy atom. The summed E-state index contributed by atoms with van der Waals surface area (Å²) >= 11 is 0. The van der Waals surface area contributed by atoms with Crippen LogP contribution in [-0.4, -0.2) is 9.55 Å². The van der Waals surface area contributed by atoms with Gasteiger partial charge in [0, 0.05) is 12.6 Å². The van der Waals surface area contributed by atoms with E-state index in [0.29, 0.717) is 11.5 Å². The summed E-state index contributed by atoms with van der Waals surface area (Å²) in [5, 5.41) is 0. The van der Waals surface area contributed by atoms with Gasteiger partial charge >= 0.3 is 0 Å². The summed E-state index contributed by atoms with van der Waals surface area (Å²) in [7, 11) is 0. The van der Waals surface area contributed by atoms with Crippen LogP contribution in [0.5, 0.6) is 0 Å². The molecule has 0 saturated heterocycles. The maximum Gasteiger partial charge on any atom is 0.201 e. The number of rotatable bonds is 2. The highest BCUT2D eigenvalue weighted by Crippen LogP contribution is 2.18. The van der Waals surface area contributed by atoms with Gasteiger partial charge in [-0.25, -0.2) is 9.37 Å². The van der Waals surface area contributed by atoms with Crippen molar-refractivity contribution in [2.24, 2.45) is 0 Å². The minimum absolute atomic E-state index is 0.279. The zero-order valence-corrected chi connectivity index (χ0v) is 8.00. The van der Waals surface area contributed by atoms with Crippen LogP contribution in [0.4, 0.5) is 10.3 Å². The molecule has 0 spiro atoms. The second kappa shape index (κ2) is 3.29. The van der Waals surface area contributed by atoms with E-state index in [-0.39, 0.29) is 5.82 Å². The van der Waals surface area contributed by atoms with Gasteiger partial charge < -0.3 is 10.3 Å². The molecule has 0 aliphatic rings. The summed E-state index contributed by atoms with van der Waals surface area (Å²) in [6.45, 7) is 2.88. The van der Waals surface area contributed by atoms with E-state index in [4.69, 9.17) is 5.73 Å². The van der Waals surface area contributed by atoms with E-state index in [1.807, 2.05) is 4.57 Å². The van der Waals surface area contributed by atoms with Crippen molar-refractivity contribution >= 4 is 17.0 Å². The highest BCUT2D eigenvalue weighted by atomic mass is 19.1. The Balaban J connectivity index is 2.64. The Morgan fingerprint density at radius 3 is 3.00 bits per heavy atom. The first-order valence-electron chi connectivity index (χ1n) is 4.63. The second-order valence-corrected chi connectivity index (χ2v) is 3.25. The van der Waals surface area contributed by atoms with Gasteiger partial charge in [0.05, 0.1) is 11.0 Å². The Kier molecular flexibility index (Phi) is 2.11. The van der Waals surface area contributed by atoms with Gasteiger partial charge in [-0.1, -0.05) is 6.92 Å². The number of aryl methyl sites for hydroxylation is 1. The monoisotopic (exact) mass is 193 g/mol. The van der Waals surface area contributed by atoms with Gasteiger partial charge in [-0.05, 0) is 18.6 Å². The molecule has 0 aliphatic carbocycles. The molecule has 0 atom stereocenters. The molecule has 0 aliphatic heterocycles. The fourth-order valence-corrected chi connectivity index (χ4v) is 1.58. The van der Waals surface area contributed by atoms with Crippen molar-refractivity contribution in [3.8, 4) is 0 Å². The van der Waals surface area contributed by atoms with Gasteiger partial charge in [0.2, 0.25) is 5.95 Å². The molecule has 2 N–H and O–H groups in total. The molecule has 2 aromatic rings. The van der Waals surface area contributed by atoms with Gasteiger partial charge in [-0.2, -0.15) is 0 Å². The van der Waals surface area contributed by atoms with Crippen LogP contribution in [0.25, 0.3) is 11.0 Å². The molecule has 1 heterocycles. The smallest absolute Gasteiger partial charge is 0.201 e. The topological polar surface area (TPSA) is 43.8 Å². The summed E-state index contributed by atoms with van der Waals surface area (Å²) < 4.78 is 14.8. The van der Waals surface area contributed by atoms with E-state index in [0.717, 1.165) is 18.5 Å². The lowest BCUT2D eigenvalue weighted by Crippen LogP contribution is -2.02. The number of aromatic nitrogens is 2. The zero-order chi connectivity index (χ0) is 10.1. The zero-order valence-electron chi connectivity index (χ0n) is 8.00. The van der Waals surface area contributed by atoms with Gasteiger partial charge in [-0.3, -0.25) is 0 Å². The molecule has 0 amide bonds. The predicted octanol–water partition coefficient (Wildman–Crippen LogP) is 2.17. The normalized spacial score (nSPS) is 11.0. The van der Waals surface area contributed by atoms with E-state index < -0.39 is 0 Å². The molecular formula is C10H12FN3. The number of nitrogens with zero attached hydrogens (tertiary/aromatic N) is 2. The van der Waals surface area contributed by atoms with Gasteiger partial charge in [0.25, 0.3) is 0 Å². The quantitative estimate of drug-likeness (QED) is 0.794. The number of imidazole rings is 1. The van der Waals surface area contributed by atoms with Crippen LogP contribution in [0.3, 0.4) is 0 Å². The third kappa shape index (κ3) is 1.32. The predicted molar refractivity (Wildman–Crippen MR) is 54.4 cm³/mol. The van der Waals surface area contributed by atoms with E-state index in [2.05, 4.69) is 11.9 Å². The summed E-state index contributed by atoms with van der Waals surface area (Å²) in [5.41, 5.74) is 7.23. The Bertz CT molecular complexity index is 462. The van der Waals surface area contributed by atoms with Crippen LogP contribution in [0.15, 0.2) is 18.2 Å². The van der Waals surface area contributed by atoms with Gasteiger partial charge in [0.15, 0.2) is 0 Å². The number of nitrogens with two attached hydrogens (primary N) is 1. The van der Waals surface area contributed by atoms with E-state index >= 15 is 0 Å². The Morgan fingerprint density at radius 1 is 1.50 bits per heavy atom. The molecule has 1 aromatic carbocycles. The third-order valence-electron chi connectivity index (χ3n) is 2.19. The molecule has 0 saturated carbocycles. The molecule has 0 radical (unpaired) electrons. The second-order valence-electron chi connectivity index (χ2n) is 3.25. The summed E-state index contributed by atoms with van der Waals surface area (Å²) in [5.74, 6) is 0.172. The van der Waals surface area contributed by atoms with E-state index in [1.54, 1.807) is 6.07 Å². The summed E-state index contributed by atoms with van der Waals surface area (Å²) in [6.07, 6.45) is 0.979. The molecule has 74 valence electrons. The first-order valence-corrected chi connectivity index (χ1v) is 4.63. The lowest BCUT2D eigenvalue weighted by Gasteiger charge is -2.02. The summed E-state index contributed by atoms with van der Waals surface area (Å²) in [4.78, 5) is 4.09. The van der Waals surface area contributed by atoms with E-state index in [9.17, 15) is 4.39 Å². The molecular weight excluding hydrogens is 181 g/mol. The van der Waals surface area contributed by atoms with Crippen molar-refractivity contribution < 1.29 is 4.39 Å². The number of anilines is 1. The number of hydrogen-bond donors (Lipinski definition) is 1. The lowest BCUT2D eigenvalue weighted by molar-refractivity contribution is 0.629. The van der Waals surface area contributed by atoms with Crippen molar-refractivity contribution in [2.45, 2.75) is 19.9 Å². The first kappa shape index (κ1) is 8.99. The molecule has 0 unspecified atom stereocenters. The van der Waals surface area contributed by atoms with Crippen molar-refractivity contribution in [2.75, 3.05) is 5.73 Å². The highest BCUT2D eigenvalue weighted by Gasteiger charge is 2.07. The van der Waals surface area contributed by atoms with Crippen LogP contribution < -0.4 is 5.73 Å². The fraction of sp³-hybridized carbons (Fsp3) is 0.300. The fourth-order valence-electron chi connectivity index (χ4n) is 1.58. The Hall–Kier alpha value is -1.58.